The average Bonchev–Trinajstić information content (AvgIpc) is 2.81. The van der Waals surface area contributed by atoms with E-state index in [0.717, 1.165) is 6.20 Å². The molecule has 2 rings (SSSR count). The number of benzene rings is 1. The summed E-state index contributed by atoms with van der Waals surface area (Å²) < 4.78 is 37.4. The summed E-state index contributed by atoms with van der Waals surface area (Å²) in [7, 11) is 0. The largest absolute Gasteiger partial charge is 0.443 e. The van der Waals surface area contributed by atoms with E-state index in [1.54, 1.807) is 18.2 Å². The van der Waals surface area contributed by atoms with Gasteiger partial charge in [0, 0.05) is 11.1 Å². The topological polar surface area (TPSA) is 38.9 Å². The van der Waals surface area contributed by atoms with Gasteiger partial charge < -0.3 is 5.73 Å². The highest BCUT2D eigenvalue weighted by Crippen LogP contribution is 2.37. The minimum Gasteiger partial charge on any atom is -0.320 e. The molecular formula is C11H7Cl2F3N2S. The molecule has 8 heteroatoms. The van der Waals surface area contributed by atoms with Crippen molar-refractivity contribution in [1.29, 1.82) is 0 Å². The average molecular weight is 327 g/mol. The molecule has 0 saturated carbocycles. The molecule has 1 aromatic heterocycles. The molecule has 1 heterocycles. The van der Waals surface area contributed by atoms with Gasteiger partial charge in [0.05, 0.1) is 16.1 Å². The number of rotatable bonds is 2. The van der Waals surface area contributed by atoms with Crippen molar-refractivity contribution in [2.75, 3.05) is 0 Å². The predicted molar refractivity (Wildman–Crippen MR) is 69.6 cm³/mol. The highest BCUT2D eigenvalue weighted by molar-refractivity contribution is 7.11. The Labute approximate surface area is 121 Å². The molecule has 19 heavy (non-hydrogen) atoms. The Bertz CT molecular complexity index is 598. The lowest BCUT2D eigenvalue weighted by Gasteiger charge is -2.12. The number of alkyl halides is 3. The van der Waals surface area contributed by atoms with Crippen LogP contribution in [0.4, 0.5) is 13.2 Å². The number of hydrogen-bond acceptors (Lipinski definition) is 3. The Morgan fingerprint density at radius 1 is 1.26 bits per heavy atom. The molecule has 0 saturated heterocycles. The molecule has 0 amide bonds. The van der Waals surface area contributed by atoms with E-state index in [1.165, 1.54) is 0 Å². The van der Waals surface area contributed by atoms with Crippen molar-refractivity contribution in [3.8, 4) is 0 Å². The van der Waals surface area contributed by atoms with Crippen LogP contribution in [0.25, 0.3) is 0 Å². The molecule has 1 unspecified atom stereocenters. The van der Waals surface area contributed by atoms with Crippen LogP contribution in [-0.4, -0.2) is 4.98 Å². The molecule has 2 N–H and O–H groups in total. The van der Waals surface area contributed by atoms with E-state index in [2.05, 4.69) is 4.98 Å². The molecule has 0 aliphatic carbocycles. The highest BCUT2D eigenvalue weighted by Gasteiger charge is 2.35. The van der Waals surface area contributed by atoms with Crippen molar-refractivity contribution in [3.63, 3.8) is 0 Å². The van der Waals surface area contributed by atoms with Gasteiger partial charge in [-0.15, -0.1) is 11.3 Å². The molecule has 0 fully saturated rings. The third-order valence-corrected chi connectivity index (χ3v) is 4.35. The van der Waals surface area contributed by atoms with Crippen LogP contribution in [0.2, 0.25) is 10.0 Å². The van der Waals surface area contributed by atoms with Crippen molar-refractivity contribution in [2.45, 2.75) is 12.2 Å². The normalized spacial score (nSPS) is 13.6. The maximum Gasteiger partial charge on any atom is 0.443 e. The number of thiazole rings is 1. The molecular weight excluding hydrogens is 320 g/mol. The predicted octanol–water partition coefficient (Wildman–Crippen LogP) is 4.52. The summed E-state index contributed by atoms with van der Waals surface area (Å²) >= 11 is 12.3. The van der Waals surface area contributed by atoms with Crippen molar-refractivity contribution in [3.05, 3.63) is 49.9 Å². The zero-order chi connectivity index (χ0) is 14.2. The standard InChI is InChI=1S/C11H7Cl2F3N2S/c12-6-3-1-2-5(8(6)13)9(17)7-4-18-10(19-7)11(14,15)16/h1-4,9H,17H2. The molecule has 1 aromatic carbocycles. The number of nitrogens with zero attached hydrogens (tertiary/aromatic N) is 1. The number of aromatic nitrogens is 1. The van der Waals surface area contributed by atoms with Gasteiger partial charge >= 0.3 is 6.18 Å². The summed E-state index contributed by atoms with van der Waals surface area (Å²) in [5.74, 6) is 0. The van der Waals surface area contributed by atoms with Gasteiger partial charge in [0.2, 0.25) is 0 Å². The fraction of sp³-hybridized carbons (Fsp3) is 0.182. The summed E-state index contributed by atoms with van der Waals surface area (Å²) in [6.45, 7) is 0. The molecule has 1 atom stereocenters. The van der Waals surface area contributed by atoms with E-state index in [-0.39, 0.29) is 9.90 Å². The zero-order valence-corrected chi connectivity index (χ0v) is 11.5. The van der Waals surface area contributed by atoms with Gasteiger partial charge in [0.25, 0.3) is 0 Å². The lowest BCUT2D eigenvalue weighted by atomic mass is 10.1. The van der Waals surface area contributed by atoms with E-state index in [4.69, 9.17) is 28.9 Å². The van der Waals surface area contributed by atoms with Crippen molar-refractivity contribution < 1.29 is 13.2 Å². The van der Waals surface area contributed by atoms with Gasteiger partial charge in [-0.05, 0) is 11.6 Å². The first-order valence-corrected chi connectivity index (χ1v) is 6.60. The summed E-state index contributed by atoms with van der Waals surface area (Å²) in [5, 5.41) is -0.398. The molecule has 0 spiro atoms. The second-order valence-corrected chi connectivity index (χ2v) is 5.53. The third-order valence-electron chi connectivity index (χ3n) is 2.39. The zero-order valence-electron chi connectivity index (χ0n) is 9.21. The monoisotopic (exact) mass is 326 g/mol. The van der Waals surface area contributed by atoms with E-state index in [9.17, 15) is 13.2 Å². The Morgan fingerprint density at radius 2 is 1.95 bits per heavy atom. The maximum absolute atomic E-state index is 12.5. The van der Waals surface area contributed by atoms with E-state index in [1.807, 2.05) is 0 Å². The van der Waals surface area contributed by atoms with Crippen LogP contribution in [0.1, 0.15) is 21.5 Å². The van der Waals surface area contributed by atoms with Crippen molar-refractivity contribution >= 4 is 34.5 Å². The fourth-order valence-electron chi connectivity index (χ4n) is 1.48. The first kappa shape index (κ1) is 14.6. The first-order valence-electron chi connectivity index (χ1n) is 5.03. The van der Waals surface area contributed by atoms with Gasteiger partial charge in [0.1, 0.15) is 0 Å². The Balaban J connectivity index is 2.37. The van der Waals surface area contributed by atoms with Crippen LogP contribution in [-0.2, 0) is 6.18 Å². The van der Waals surface area contributed by atoms with E-state index < -0.39 is 17.2 Å². The summed E-state index contributed by atoms with van der Waals surface area (Å²) in [5.41, 5.74) is 6.37. The van der Waals surface area contributed by atoms with Crippen LogP contribution in [0.15, 0.2) is 24.4 Å². The fourth-order valence-corrected chi connectivity index (χ4v) is 2.70. The first-order chi connectivity index (χ1) is 8.80. The third kappa shape index (κ3) is 3.02. The molecule has 0 radical (unpaired) electrons. The van der Waals surface area contributed by atoms with Crippen LogP contribution >= 0.6 is 34.5 Å². The minimum absolute atomic E-state index is 0.235. The maximum atomic E-state index is 12.5. The van der Waals surface area contributed by atoms with Crippen molar-refractivity contribution in [2.24, 2.45) is 5.73 Å². The highest BCUT2D eigenvalue weighted by atomic mass is 35.5. The van der Waals surface area contributed by atoms with Gasteiger partial charge in [-0.1, -0.05) is 35.3 Å². The Kier molecular flexibility index (Phi) is 4.06. The summed E-state index contributed by atoms with van der Waals surface area (Å²) in [4.78, 5) is 3.60. The molecule has 0 aliphatic heterocycles. The number of halogens is 5. The van der Waals surface area contributed by atoms with Gasteiger partial charge in [-0.2, -0.15) is 13.2 Å². The molecule has 2 aromatic rings. The van der Waals surface area contributed by atoms with E-state index >= 15 is 0 Å². The quantitative estimate of drug-likeness (QED) is 0.881. The summed E-state index contributed by atoms with van der Waals surface area (Å²) in [6, 6.07) is 4.04. The minimum atomic E-state index is -4.47. The van der Waals surface area contributed by atoms with E-state index in [0.29, 0.717) is 21.9 Å². The lowest BCUT2D eigenvalue weighted by molar-refractivity contribution is -0.137. The van der Waals surface area contributed by atoms with Crippen molar-refractivity contribution in [1.82, 2.24) is 4.98 Å². The smallest absolute Gasteiger partial charge is 0.320 e. The van der Waals surface area contributed by atoms with Crippen LogP contribution in [0.3, 0.4) is 0 Å². The second kappa shape index (κ2) is 5.28. The van der Waals surface area contributed by atoms with Crippen LogP contribution in [0, 0.1) is 0 Å². The Morgan fingerprint density at radius 3 is 2.53 bits per heavy atom. The SMILES string of the molecule is NC(c1cnc(C(F)(F)F)s1)c1cccc(Cl)c1Cl. The van der Waals surface area contributed by atoms with Crippen LogP contribution < -0.4 is 5.73 Å². The second-order valence-electron chi connectivity index (χ2n) is 3.69. The molecule has 2 nitrogen and oxygen atoms in total. The Hall–Kier alpha value is -0.820. The molecule has 0 aliphatic rings. The molecule has 0 bridgehead atoms. The van der Waals surface area contributed by atoms with Gasteiger partial charge in [0.15, 0.2) is 5.01 Å². The van der Waals surface area contributed by atoms with Gasteiger partial charge in [-0.25, -0.2) is 4.98 Å². The number of nitrogens with two attached hydrogens (primary N) is 1. The van der Waals surface area contributed by atoms with Crippen LogP contribution in [0.5, 0.6) is 0 Å². The molecule has 102 valence electrons. The van der Waals surface area contributed by atoms with Gasteiger partial charge in [-0.3, -0.25) is 0 Å². The summed E-state index contributed by atoms with van der Waals surface area (Å²) in [6.07, 6.45) is -3.36. The lowest BCUT2D eigenvalue weighted by Crippen LogP contribution is -2.11. The number of hydrogen-bond donors (Lipinski definition) is 1.